The number of hydrogen-bond acceptors (Lipinski definition) is 7. The van der Waals surface area contributed by atoms with E-state index in [0.717, 1.165) is 18.4 Å². The average molecular weight is 434 g/mol. The van der Waals surface area contributed by atoms with E-state index < -0.39 is 0 Å². The van der Waals surface area contributed by atoms with Gasteiger partial charge in [-0.15, -0.1) is 15.0 Å². The van der Waals surface area contributed by atoms with Crippen LogP contribution < -0.4 is 20.1 Å². The van der Waals surface area contributed by atoms with Crippen molar-refractivity contribution in [1.82, 2.24) is 25.5 Å². The molecule has 1 heterocycles. The standard InChI is InChI=1S/C22H22N6O4/c1-31-18-11-3-14(13-19(18)32-2)4-12-20(29)23-15-7-9-17(10-8-15)28-26-21(25-27-28)22(30)24-16-5-6-16/h3-4,7-13,16H,5-6H2,1-2H3,(H,23,29)(H,24,30)/b12-4+. The van der Waals surface area contributed by atoms with Gasteiger partial charge in [-0.25, -0.2) is 0 Å². The number of ether oxygens (including phenoxy) is 2. The largest absolute Gasteiger partial charge is 0.493 e. The fourth-order valence-corrected chi connectivity index (χ4v) is 2.88. The molecule has 3 aromatic rings. The molecular formula is C22H22N6O4. The van der Waals surface area contributed by atoms with E-state index in [4.69, 9.17) is 9.47 Å². The summed E-state index contributed by atoms with van der Waals surface area (Å²) in [5.41, 5.74) is 2.01. The number of nitrogens with one attached hydrogen (secondary N) is 2. The molecule has 1 saturated carbocycles. The second-order valence-electron chi connectivity index (χ2n) is 7.13. The van der Waals surface area contributed by atoms with Crippen LogP contribution in [-0.2, 0) is 4.79 Å². The van der Waals surface area contributed by atoms with Crippen LogP contribution in [0.3, 0.4) is 0 Å². The summed E-state index contributed by atoms with van der Waals surface area (Å²) < 4.78 is 10.5. The van der Waals surface area contributed by atoms with Gasteiger partial charge in [0, 0.05) is 17.8 Å². The lowest BCUT2D eigenvalue weighted by atomic mass is 10.2. The second-order valence-corrected chi connectivity index (χ2v) is 7.13. The number of benzene rings is 2. The number of methoxy groups -OCH3 is 2. The quantitative estimate of drug-likeness (QED) is 0.522. The van der Waals surface area contributed by atoms with Gasteiger partial charge in [-0.3, -0.25) is 9.59 Å². The topological polar surface area (TPSA) is 120 Å². The molecule has 0 radical (unpaired) electrons. The predicted octanol–water partition coefficient (Wildman–Crippen LogP) is 2.22. The van der Waals surface area contributed by atoms with Crippen LogP contribution in [0.15, 0.2) is 48.5 Å². The number of hydrogen-bond donors (Lipinski definition) is 2. The minimum Gasteiger partial charge on any atom is -0.493 e. The summed E-state index contributed by atoms with van der Waals surface area (Å²) >= 11 is 0. The van der Waals surface area contributed by atoms with Crippen molar-refractivity contribution in [3.05, 3.63) is 59.9 Å². The molecule has 10 nitrogen and oxygen atoms in total. The van der Waals surface area contributed by atoms with Crippen molar-refractivity contribution in [1.29, 1.82) is 0 Å². The van der Waals surface area contributed by atoms with E-state index in [1.807, 2.05) is 6.07 Å². The summed E-state index contributed by atoms with van der Waals surface area (Å²) in [4.78, 5) is 25.5. The van der Waals surface area contributed by atoms with Gasteiger partial charge < -0.3 is 20.1 Å². The van der Waals surface area contributed by atoms with Gasteiger partial charge in [-0.1, -0.05) is 6.07 Å². The number of anilines is 1. The minimum absolute atomic E-state index is 0.0228. The third-order valence-corrected chi connectivity index (χ3v) is 4.73. The second kappa shape index (κ2) is 9.29. The summed E-state index contributed by atoms with van der Waals surface area (Å²) in [5.74, 6) is 0.608. The van der Waals surface area contributed by atoms with Gasteiger partial charge in [0.2, 0.25) is 5.91 Å². The summed E-state index contributed by atoms with van der Waals surface area (Å²) in [6.45, 7) is 0. The van der Waals surface area contributed by atoms with Crippen molar-refractivity contribution in [2.75, 3.05) is 19.5 Å². The molecule has 1 aromatic heterocycles. The normalized spacial score (nSPS) is 13.1. The third kappa shape index (κ3) is 5.09. The number of rotatable bonds is 8. The van der Waals surface area contributed by atoms with Crippen LogP contribution in [0.4, 0.5) is 5.69 Å². The van der Waals surface area contributed by atoms with Crippen molar-refractivity contribution in [2.24, 2.45) is 0 Å². The van der Waals surface area contributed by atoms with E-state index >= 15 is 0 Å². The molecule has 0 atom stereocenters. The van der Waals surface area contributed by atoms with Crippen LogP contribution in [0, 0.1) is 0 Å². The zero-order valence-electron chi connectivity index (χ0n) is 17.6. The maximum atomic E-state index is 12.3. The van der Waals surface area contributed by atoms with Gasteiger partial charge in [0.1, 0.15) is 0 Å². The molecule has 2 amide bonds. The van der Waals surface area contributed by atoms with Gasteiger partial charge in [-0.05, 0) is 66.1 Å². The van der Waals surface area contributed by atoms with Crippen molar-refractivity contribution in [2.45, 2.75) is 18.9 Å². The Labute approximate surface area is 184 Å². The summed E-state index contributed by atoms with van der Waals surface area (Å²) in [6.07, 6.45) is 5.07. The predicted molar refractivity (Wildman–Crippen MR) is 117 cm³/mol. The summed E-state index contributed by atoms with van der Waals surface area (Å²) in [5, 5.41) is 17.4. The van der Waals surface area contributed by atoms with Crippen LogP contribution in [0.5, 0.6) is 11.5 Å². The number of aromatic nitrogens is 4. The highest BCUT2D eigenvalue weighted by molar-refractivity contribution is 6.02. The summed E-state index contributed by atoms with van der Waals surface area (Å²) in [7, 11) is 3.12. The zero-order valence-corrected chi connectivity index (χ0v) is 17.6. The fraction of sp³-hybridized carbons (Fsp3) is 0.227. The Hall–Kier alpha value is -4.21. The van der Waals surface area contributed by atoms with Gasteiger partial charge >= 0.3 is 0 Å². The first-order valence-corrected chi connectivity index (χ1v) is 9.98. The molecule has 0 bridgehead atoms. The molecule has 164 valence electrons. The monoisotopic (exact) mass is 434 g/mol. The van der Waals surface area contributed by atoms with Crippen LogP contribution in [0.25, 0.3) is 11.8 Å². The first-order valence-electron chi connectivity index (χ1n) is 9.98. The van der Waals surface area contributed by atoms with Gasteiger partial charge in [0.15, 0.2) is 11.5 Å². The first kappa shape index (κ1) is 21.0. The highest BCUT2D eigenvalue weighted by Gasteiger charge is 2.25. The van der Waals surface area contributed by atoms with E-state index in [2.05, 4.69) is 26.0 Å². The molecule has 0 spiro atoms. The van der Waals surface area contributed by atoms with Crippen LogP contribution in [-0.4, -0.2) is 52.3 Å². The average Bonchev–Trinajstić information content (AvgIpc) is 3.49. The lowest BCUT2D eigenvalue weighted by Gasteiger charge is -2.07. The Balaban J connectivity index is 1.36. The number of amides is 2. The minimum atomic E-state index is -0.330. The Morgan fingerprint density at radius 1 is 1.06 bits per heavy atom. The van der Waals surface area contributed by atoms with Crippen LogP contribution in [0.1, 0.15) is 29.0 Å². The molecule has 1 fully saturated rings. The molecule has 0 saturated heterocycles. The van der Waals surface area contributed by atoms with Crippen molar-refractivity contribution >= 4 is 23.6 Å². The third-order valence-electron chi connectivity index (χ3n) is 4.73. The molecule has 10 heteroatoms. The Kier molecular flexibility index (Phi) is 6.11. The highest BCUT2D eigenvalue weighted by atomic mass is 16.5. The molecular weight excluding hydrogens is 412 g/mol. The first-order chi connectivity index (χ1) is 15.6. The molecule has 1 aliphatic rings. The zero-order chi connectivity index (χ0) is 22.5. The molecule has 32 heavy (non-hydrogen) atoms. The van der Waals surface area contributed by atoms with Crippen molar-refractivity contribution in [3.63, 3.8) is 0 Å². The van der Waals surface area contributed by atoms with Crippen molar-refractivity contribution in [3.8, 4) is 17.2 Å². The molecule has 2 aromatic carbocycles. The van der Waals surface area contributed by atoms with E-state index in [1.54, 1.807) is 56.7 Å². The fourth-order valence-electron chi connectivity index (χ4n) is 2.88. The van der Waals surface area contributed by atoms with Crippen LogP contribution >= 0.6 is 0 Å². The molecule has 1 aliphatic carbocycles. The van der Waals surface area contributed by atoms with E-state index in [9.17, 15) is 9.59 Å². The highest BCUT2D eigenvalue weighted by Crippen LogP contribution is 2.28. The maximum absolute atomic E-state index is 12.3. The molecule has 0 aliphatic heterocycles. The van der Waals surface area contributed by atoms with Gasteiger partial charge in [0.25, 0.3) is 11.7 Å². The Morgan fingerprint density at radius 3 is 2.50 bits per heavy atom. The number of carbonyl (C=O) groups is 2. The smallest absolute Gasteiger partial charge is 0.293 e. The van der Waals surface area contributed by atoms with Crippen molar-refractivity contribution < 1.29 is 19.1 Å². The van der Waals surface area contributed by atoms with Crippen LogP contribution in [0.2, 0.25) is 0 Å². The number of nitrogens with zero attached hydrogens (tertiary/aromatic N) is 4. The SMILES string of the molecule is COc1ccc(/C=C/C(=O)Nc2ccc(-n3nnc(C(=O)NC4CC4)n3)cc2)cc1OC. The van der Waals surface area contributed by atoms with E-state index in [0.29, 0.717) is 22.9 Å². The lowest BCUT2D eigenvalue weighted by molar-refractivity contribution is -0.111. The molecule has 4 rings (SSSR count). The molecule has 0 unspecified atom stereocenters. The Bertz CT molecular complexity index is 1150. The number of tetrazole rings is 1. The van der Waals surface area contributed by atoms with Gasteiger partial charge in [0.05, 0.1) is 19.9 Å². The molecule has 2 N–H and O–H groups in total. The van der Waals surface area contributed by atoms with E-state index in [1.165, 1.54) is 10.9 Å². The summed E-state index contributed by atoms with van der Waals surface area (Å²) in [6, 6.07) is 12.5. The maximum Gasteiger partial charge on any atom is 0.293 e. The lowest BCUT2D eigenvalue weighted by Crippen LogP contribution is -2.26. The number of carbonyl (C=O) groups excluding carboxylic acids is 2. The Morgan fingerprint density at radius 2 is 1.81 bits per heavy atom. The van der Waals surface area contributed by atoms with Gasteiger partial charge in [-0.2, -0.15) is 0 Å². The van der Waals surface area contributed by atoms with E-state index in [-0.39, 0.29) is 23.7 Å².